The number of carbonyl (C=O) groups excluding carboxylic acids is 1. The summed E-state index contributed by atoms with van der Waals surface area (Å²) >= 11 is 11.4. The van der Waals surface area contributed by atoms with E-state index in [1.807, 2.05) is 32.9 Å². The van der Waals surface area contributed by atoms with Gasteiger partial charge in [-0.15, -0.1) is 0 Å². The highest BCUT2D eigenvalue weighted by atomic mass is 35.5. The van der Waals surface area contributed by atoms with Gasteiger partial charge in [-0.1, -0.05) is 43.1 Å². The highest BCUT2D eigenvalue weighted by molar-refractivity contribution is 6.55. The summed E-state index contributed by atoms with van der Waals surface area (Å²) in [5.41, 5.74) is 1.86. The molecular formula is C15H18Cl2N2O. The van der Waals surface area contributed by atoms with Gasteiger partial charge >= 0.3 is 0 Å². The molecule has 2 unspecified atom stereocenters. The summed E-state index contributed by atoms with van der Waals surface area (Å²) in [6.45, 7) is 6.50. The average Bonchev–Trinajstić information content (AvgIpc) is 2.89. The molecule has 1 saturated carbocycles. The van der Waals surface area contributed by atoms with Crippen molar-refractivity contribution in [1.82, 2.24) is 10.3 Å². The van der Waals surface area contributed by atoms with E-state index in [-0.39, 0.29) is 27.6 Å². The van der Waals surface area contributed by atoms with Gasteiger partial charge in [0.2, 0.25) is 5.91 Å². The molecule has 1 aromatic heterocycles. The van der Waals surface area contributed by atoms with Crippen LogP contribution in [0.3, 0.4) is 0 Å². The summed E-state index contributed by atoms with van der Waals surface area (Å²) in [6.07, 6.45) is 3.54. The molecule has 0 aromatic carbocycles. The maximum Gasteiger partial charge on any atom is 0.224 e. The van der Waals surface area contributed by atoms with Crippen LogP contribution in [0.2, 0.25) is 0 Å². The summed E-state index contributed by atoms with van der Waals surface area (Å²) in [7, 11) is 0. The second-order valence-electron chi connectivity index (χ2n) is 5.83. The molecule has 1 aromatic rings. The Balaban J connectivity index is 1.93. The Bertz CT molecular complexity index is 533. The van der Waals surface area contributed by atoms with Gasteiger partial charge in [0.15, 0.2) is 0 Å². The van der Waals surface area contributed by atoms with Crippen molar-refractivity contribution in [3.8, 4) is 0 Å². The fourth-order valence-electron chi connectivity index (χ4n) is 2.52. The van der Waals surface area contributed by atoms with Gasteiger partial charge in [0, 0.05) is 6.20 Å². The minimum Gasteiger partial charge on any atom is -0.350 e. The molecule has 0 spiro atoms. The number of carbonyl (C=O) groups is 1. The van der Waals surface area contributed by atoms with Crippen LogP contribution >= 0.6 is 23.2 Å². The second-order valence-corrected chi connectivity index (χ2v) is 6.83. The third kappa shape index (κ3) is 3.33. The van der Waals surface area contributed by atoms with Crippen LogP contribution in [-0.2, 0) is 11.3 Å². The third-order valence-electron chi connectivity index (χ3n) is 3.92. The van der Waals surface area contributed by atoms with Crippen LogP contribution in [0, 0.1) is 24.2 Å². The number of hydrogen-bond acceptors (Lipinski definition) is 2. The zero-order valence-electron chi connectivity index (χ0n) is 11.8. The summed E-state index contributed by atoms with van der Waals surface area (Å²) in [5.74, 6) is 0.0344. The van der Waals surface area contributed by atoms with Crippen molar-refractivity contribution in [3.63, 3.8) is 0 Å². The zero-order valence-corrected chi connectivity index (χ0v) is 13.3. The van der Waals surface area contributed by atoms with Gasteiger partial charge in [-0.2, -0.15) is 0 Å². The molecule has 2 atom stereocenters. The van der Waals surface area contributed by atoms with Crippen molar-refractivity contribution < 1.29 is 4.79 Å². The maximum absolute atomic E-state index is 12.2. The lowest BCUT2D eigenvalue weighted by Crippen LogP contribution is -2.26. The fourth-order valence-corrected chi connectivity index (χ4v) is 2.79. The van der Waals surface area contributed by atoms with Crippen LogP contribution < -0.4 is 5.32 Å². The van der Waals surface area contributed by atoms with E-state index in [1.165, 1.54) is 0 Å². The van der Waals surface area contributed by atoms with E-state index >= 15 is 0 Å². The van der Waals surface area contributed by atoms with Crippen molar-refractivity contribution in [2.24, 2.45) is 17.3 Å². The number of allylic oxidation sites excluding steroid dienone is 1. The number of hydrogen-bond donors (Lipinski definition) is 1. The van der Waals surface area contributed by atoms with Gasteiger partial charge in [0.1, 0.15) is 4.49 Å². The molecule has 2 rings (SSSR count). The van der Waals surface area contributed by atoms with E-state index in [9.17, 15) is 4.79 Å². The van der Waals surface area contributed by atoms with Gasteiger partial charge < -0.3 is 5.32 Å². The molecule has 0 radical (unpaired) electrons. The highest BCUT2D eigenvalue weighted by Crippen LogP contribution is 2.59. The normalized spacial score (nSPS) is 23.1. The molecule has 1 heterocycles. The monoisotopic (exact) mass is 312 g/mol. The average molecular weight is 313 g/mol. The Kier molecular flexibility index (Phi) is 4.40. The summed E-state index contributed by atoms with van der Waals surface area (Å²) in [6, 6.07) is 3.90. The van der Waals surface area contributed by atoms with Gasteiger partial charge in [0.05, 0.1) is 18.2 Å². The first-order valence-electron chi connectivity index (χ1n) is 6.54. The van der Waals surface area contributed by atoms with Crippen LogP contribution in [0.1, 0.15) is 25.1 Å². The van der Waals surface area contributed by atoms with Crippen molar-refractivity contribution in [2.75, 3.05) is 0 Å². The smallest absolute Gasteiger partial charge is 0.224 e. The van der Waals surface area contributed by atoms with Crippen molar-refractivity contribution >= 4 is 29.1 Å². The molecular weight excluding hydrogens is 295 g/mol. The minimum absolute atomic E-state index is 0.0215. The van der Waals surface area contributed by atoms with Crippen LogP contribution in [-0.4, -0.2) is 10.9 Å². The number of aryl methyl sites for hydroxylation is 1. The number of amides is 1. The number of pyridine rings is 1. The Hall–Kier alpha value is -1.06. The van der Waals surface area contributed by atoms with E-state index < -0.39 is 0 Å². The molecule has 1 N–H and O–H groups in total. The topological polar surface area (TPSA) is 42.0 Å². The van der Waals surface area contributed by atoms with Crippen LogP contribution in [0.25, 0.3) is 0 Å². The van der Waals surface area contributed by atoms with E-state index in [4.69, 9.17) is 23.2 Å². The van der Waals surface area contributed by atoms with Gasteiger partial charge in [-0.3, -0.25) is 9.78 Å². The number of nitrogens with zero attached hydrogens (tertiary/aromatic N) is 1. The summed E-state index contributed by atoms with van der Waals surface area (Å²) in [4.78, 5) is 16.5. The Morgan fingerprint density at radius 3 is 2.70 bits per heavy atom. The lowest BCUT2D eigenvalue weighted by Gasteiger charge is -2.06. The van der Waals surface area contributed by atoms with E-state index in [1.54, 1.807) is 12.3 Å². The standard InChI is InChI=1S/C15H18Cl2N2O/c1-9-4-5-10(18-7-9)8-19-14(20)13-11(6-12(16)17)15(13,2)3/h4-7,11,13H,8H2,1-3H3,(H,19,20). The predicted molar refractivity (Wildman–Crippen MR) is 81.4 cm³/mol. The van der Waals surface area contributed by atoms with Crippen molar-refractivity contribution in [3.05, 3.63) is 40.2 Å². The SMILES string of the molecule is Cc1ccc(CNC(=O)C2C(C=C(Cl)Cl)C2(C)C)nc1. The molecule has 1 aliphatic carbocycles. The minimum atomic E-state index is -0.0974. The molecule has 0 bridgehead atoms. The quantitative estimate of drug-likeness (QED) is 0.923. The molecule has 1 aliphatic rings. The molecule has 20 heavy (non-hydrogen) atoms. The first-order valence-corrected chi connectivity index (χ1v) is 7.30. The van der Waals surface area contributed by atoms with E-state index in [2.05, 4.69) is 10.3 Å². The maximum atomic E-state index is 12.2. The second kappa shape index (κ2) is 5.74. The fraction of sp³-hybridized carbons (Fsp3) is 0.467. The Morgan fingerprint density at radius 2 is 2.15 bits per heavy atom. The van der Waals surface area contributed by atoms with Crippen molar-refractivity contribution in [2.45, 2.75) is 27.3 Å². The first-order chi connectivity index (χ1) is 9.32. The Labute approximate surface area is 129 Å². The molecule has 0 saturated heterocycles. The highest BCUT2D eigenvalue weighted by Gasteiger charge is 2.60. The first kappa shape index (κ1) is 15.3. The number of halogens is 2. The number of aromatic nitrogens is 1. The molecule has 1 fully saturated rings. The third-order valence-corrected chi connectivity index (χ3v) is 4.17. The van der Waals surface area contributed by atoms with Gasteiger partial charge in [-0.05, 0) is 36.0 Å². The molecule has 108 valence electrons. The lowest BCUT2D eigenvalue weighted by atomic mass is 10.1. The number of nitrogens with one attached hydrogen (secondary N) is 1. The largest absolute Gasteiger partial charge is 0.350 e. The summed E-state index contributed by atoms with van der Waals surface area (Å²) < 4.78 is 0.221. The Morgan fingerprint density at radius 1 is 1.45 bits per heavy atom. The molecule has 5 heteroatoms. The molecule has 1 amide bonds. The molecule has 3 nitrogen and oxygen atoms in total. The van der Waals surface area contributed by atoms with Crippen LogP contribution in [0.15, 0.2) is 28.9 Å². The van der Waals surface area contributed by atoms with E-state index in [0.717, 1.165) is 11.3 Å². The van der Waals surface area contributed by atoms with Gasteiger partial charge in [-0.25, -0.2) is 0 Å². The lowest BCUT2D eigenvalue weighted by molar-refractivity contribution is -0.123. The number of rotatable bonds is 4. The zero-order chi connectivity index (χ0) is 14.9. The van der Waals surface area contributed by atoms with Crippen molar-refractivity contribution in [1.29, 1.82) is 0 Å². The molecule has 0 aliphatic heterocycles. The van der Waals surface area contributed by atoms with Gasteiger partial charge in [0.25, 0.3) is 0 Å². The van der Waals surface area contributed by atoms with Crippen LogP contribution in [0.4, 0.5) is 0 Å². The summed E-state index contributed by atoms with van der Waals surface area (Å²) in [5, 5.41) is 2.92. The predicted octanol–water partition coefficient (Wildman–Crippen LogP) is 3.60. The van der Waals surface area contributed by atoms with E-state index in [0.29, 0.717) is 6.54 Å². The van der Waals surface area contributed by atoms with Crippen LogP contribution in [0.5, 0.6) is 0 Å².